The number of alkyl halides is 3. The van der Waals surface area contributed by atoms with Gasteiger partial charge < -0.3 is 10.2 Å². The molecule has 0 bridgehead atoms. The van der Waals surface area contributed by atoms with E-state index in [4.69, 9.17) is 11.6 Å². The highest BCUT2D eigenvalue weighted by atomic mass is 79.9. The monoisotopic (exact) mass is 611 g/mol. The van der Waals surface area contributed by atoms with E-state index in [0.29, 0.717) is 28.9 Å². The third-order valence-electron chi connectivity index (χ3n) is 5.21. The van der Waals surface area contributed by atoms with Crippen molar-refractivity contribution in [2.75, 3.05) is 23.7 Å². The van der Waals surface area contributed by atoms with Crippen LogP contribution in [-0.2, 0) is 32.3 Å². The van der Waals surface area contributed by atoms with E-state index >= 15 is 0 Å². The Balaban J connectivity index is 2.45. The van der Waals surface area contributed by atoms with Crippen LogP contribution in [0.15, 0.2) is 46.9 Å². The van der Waals surface area contributed by atoms with Crippen LogP contribution in [0, 0.1) is 0 Å². The van der Waals surface area contributed by atoms with Crippen LogP contribution in [0.25, 0.3) is 0 Å². The Bertz CT molecular complexity index is 1190. The van der Waals surface area contributed by atoms with Crippen LogP contribution in [0.5, 0.6) is 0 Å². The second-order valence-corrected chi connectivity index (χ2v) is 11.3. The summed E-state index contributed by atoms with van der Waals surface area (Å²) in [6.07, 6.45) is -3.39. The highest BCUT2D eigenvalue weighted by molar-refractivity contribution is 9.10. The fourth-order valence-electron chi connectivity index (χ4n) is 3.26. The van der Waals surface area contributed by atoms with Gasteiger partial charge in [0.15, 0.2) is 0 Å². The van der Waals surface area contributed by atoms with E-state index in [1.165, 1.54) is 11.8 Å². The standard InChI is InChI=1S/C23H26BrClF3N3O4S/c1-4-11-29-22(33)15(2)30(13-16-5-7-17(24)8-6-16)21(32)14-31(36(3,34)35)18-9-10-20(25)19(12-18)23(26,27)28/h5-10,12,15H,4,11,13-14H2,1-3H3,(H,29,33). The maximum absolute atomic E-state index is 13.4. The molecular weight excluding hydrogens is 587 g/mol. The molecule has 2 amide bonds. The van der Waals surface area contributed by atoms with Crippen molar-refractivity contribution in [2.24, 2.45) is 0 Å². The number of hydrogen-bond acceptors (Lipinski definition) is 4. The van der Waals surface area contributed by atoms with Gasteiger partial charge in [-0.2, -0.15) is 13.2 Å². The van der Waals surface area contributed by atoms with E-state index in [1.807, 2.05) is 6.92 Å². The number of hydrogen-bond donors (Lipinski definition) is 1. The van der Waals surface area contributed by atoms with Gasteiger partial charge in [0.2, 0.25) is 21.8 Å². The number of amides is 2. The molecule has 1 unspecified atom stereocenters. The smallest absolute Gasteiger partial charge is 0.354 e. The molecular formula is C23H26BrClF3N3O4S. The highest BCUT2D eigenvalue weighted by Crippen LogP contribution is 2.37. The molecule has 0 fully saturated rings. The van der Waals surface area contributed by atoms with Crippen molar-refractivity contribution in [1.82, 2.24) is 10.2 Å². The molecule has 0 saturated carbocycles. The van der Waals surface area contributed by atoms with Crippen molar-refractivity contribution in [3.8, 4) is 0 Å². The molecule has 0 spiro atoms. The minimum absolute atomic E-state index is 0.0289. The second kappa shape index (κ2) is 12.3. The van der Waals surface area contributed by atoms with Gasteiger partial charge in [0.1, 0.15) is 12.6 Å². The summed E-state index contributed by atoms with van der Waals surface area (Å²) in [5.74, 6) is -1.22. The minimum Gasteiger partial charge on any atom is -0.354 e. The molecule has 2 rings (SSSR count). The van der Waals surface area contributed by atoms with Crippen LogP contribution in [0.1, 0.15) is 31.4 Å². The summed E-state index contributed by atoms with van der Waals surface area (Å²) in [7, 11) is -4.19. The number of nitrogens with one attached hydrogen (secondary N) is 1. The maximum Gasteiger partial charge on any atom is 0.417 e. The van der Waals surface area contributed by atoms with E-state index in [2.05, 4.69) is 21.2 Å². The molecule has 2 aromatic carbocycles. The zero-order valence-corrected chi connectivity index (χ0v) is 22.9. The third-order valence-corrected chi connectivity index (χ3v) is 7.20. The Hall–Kier alpha value is -2.31. The summed E-state index contributed by atoms with van der Waals surface area (Å²) >= 11 is 8.98. The third kappa shape index (κ3) is 8.10. The van der Waals surface area contributed by atoms with Gasteiger partial charge in [0.25, 0.3) is 0 Å². The number of sulfonamides is 1. The second-order valence-electron chi connectivity index (χ2n) is 8.05. The maximum atomic E-state index is 13.4. The van der Waals surface area contributed by atoms with Crippen molar-refractivity contribution in [3.05, 3.63) is 63.1 Å². The molecule has 36 heavy (non-hydrogen) atoms. The van der Waals surface area contributed by atoms with Crippen molar-refractivity contribution >= 4 is 55.1 Å². The predicted molar refractivity (Wildman–Crippen MR) is 136 cm³/mol. The van der Waals surface area contributed by atoms with Gasteiger partial charge in [0.05, 0.1) is 22.5 Å². The lowest BCUT2D eigenvalue weighted by Gasteiger charge is -2.31. The molecule has 1 atom stereocenters. The van der Waals surface area contributed by atoms with Gasteiger partial charge in [-0.05, 0) is 49.2 Å². The number of nitrogens with zero attached hydrogens (tertiary/aromatic N) is 2. The van der Waals surface area contributed by atoms with Gasteiger partial charge in [-0.15, -0.1) is 0 Å². The first-order valence-electron chi connectivity index (χ1n) is 10.8. The van der Waals surface area contributed by atoms with E-state index in [1.54, 1.807) is 24.3 Å². The average Bonchev–Trinajstić information content (AvgIpc) is 2.79. The van der Waals surface area contributed by atoms with Crippen molar-refractivity contribution in [3.63, 3.8) is 0 Å². The number of rotatable bonds is 10. The van der Waals surface area contributed by atoms with Crippen molar-refractivity contribution < 1.29 is 31.2 Å². The number of carbonyl (C=O) groups excluding carboxylic acids is 2. The molecule has 13 heteroatoms. The zero-order valence-electron chi connectivity index (χ0n) is 19.8. The molecule has 1 N–H and O–H groups in total. The average molecular weight is 613 g/mol. The Morgan fingerprint density at radius 3 is 2.28 bits per heavy atom. The molecule has 0 aliphatic carbocycles. The minimum atomic E-state index is -4.83. The predicted octanol–water partition coefficient (Wildman–Crippen LogP) is 4.83. The van der Waals surface area contributed by atoms with Gasteiger partial charge in [0, 0.05) is 17.6 Å². The van der Waals surface area contributed by atoms with Crippen LogP contribution >= 0.6 is 27.5 Å². The quantitative estimate of drug-likeness (QED) is 0.417. The summed E-state index contributed by atoms with van der Waals surface area (Å²) in [4.78, 5) is 27.2. The van der Waals surface area contributed by atoms with E-state index in [-0.39, 0.29) is 12.2 Å². The highest BCUT2D eigenvalue weighted by Gasteiger charge is 2.35. The van der Waals surface area contributed by atoms with Gasteiger partial charge in [-0.1, -0.05) is 46.6 Å². The molecule has 198 valence electrons. The SMILES string of the molecule is CCCNC(=O)C(C)N(Cc1ccc(Br)cc1)C(=O)CN(c1ccc(Cl)c(C(F)(F)F)c1)S(C)(=O)=O. The normalized spacial score (nSPS) is 12.7. The first-order chi connectivity index (χ1) is 16.6. The molecule has 0 aliphatic heterocycles. The summed E-state index contributed by atoms with van der Waals surface area (Å²) in [6.45, 7) is 2.89. The largest absolute Gasteiger partial charge is 0.417 e. The molecule has 0 radical (unpaired) electrons. The van der Waals surface area contributed by atoms with Gasteiger partial charge >= 0.3 is 6.18 Å². The number of anilines is 1. The topological polar surface area (TPSA) is 86.8 Å². The van der Waals surface area contributed by atoms with Crippen molar-refractivity contribution in [2.45, 2.75) is 39.0 Å². The van der Waals surface area contributed by atoms with Gasteiger partial charge in [-0.3, -0.25) is 13.9 Å². The van der Waals surface area contributed by atoms with Crippen LogP contribution in [0.3, 0.4) is 0 Å². The fraction of sp³-hybridized carbons (Fsp3) is 0.391. The van der Waals surface area contributed by atoms with E-state index in [0.717, 1.165) is 22.9 Å². The van der Waals surface area contributed by atoms with Gasteiger partial charge in [-0.25, -0.2) is 8.42 Å². The van der Waals surface area contributed by atoms with E-state index < -0.39 is 51.2 Å². The van der Waals surface area contributed by atoms with Crippen LogP contribution in [0.2, 0.25) is 5.02 Å². The van der Waals surface area contributed by atoms with Crippen LogP contribution in [-0.4, -0.2) is 50.5 Å². The Kier molecular flexibility index (Phi) is 10.2. The lowest BCUT2D eigenvalue weighted by atomic mass is 10.1. The molecule has 7 nitrogen and oxygen atoms in total. The number of benzene rings is 2. The lowest BCUT2D eigenvalue weighted by Crippen LogP contribution is -2.51. The lowest BCUT2D eigenvalue weighted by molar-refractivity contribution is -0.139. The Morgan fingerprint density at radius 2 is 1.75 bits per heavy atom. The molecule has 0 heterocycles. The molecule has 0 saturated heterocycles. The van der Waals surface area contributed by atoms with E-state index in [9.17, 15) is 31.2 Å². The Labute approximate surface area is 221 Å². The molecule has 0 aliphatic rings. The summed E-state index contributed by atoms with van der Waals surface area (Å²) in [5, 5.41) is 2.09. The van der Waals surface area contributed by atoms with Crippen LogP contribution < -0.4 is 9.62 Å². The zero-order chi connectivity index (χ0) is 27.3. The number of carbonyl (C=O) groups is 2. The molecule has 0 aromatic heterocycles. The van der Waals surface area contributed by atoms with Crippen molar-refractivity contribution in [1.29, 1.82) is 0 Å². The summed E-state index contributed by atoms with van der Waals surface area (Å²) < 4.78 is 66.5. The molecule has 2 aromatic rings. The summed E-state index contributed by atoms with van der Waals surface area (Å²) in [5.41, 5.74) is -0.950. The van der Waals surface area contributed by atoms with Crippen LogP contribution in [0.4, 0.5) is 18.9 Å². The first-order valence-corrected chi connectivity index (χ1v) is 13.8. The Morgan fingerprint density at radius 1 is 1.14 bits per heavy atom. The number of halogens is 5. The first kappa shape index (κ1) is 29.9. The summed E-state index contributed by atoms with van der Waals surface area (Å²) in [6, 6.07) is 8.54. The fourth-order valence-corrected chi connectivity index (χ4v) is 4.59.